The van der Waals surface area contributed by atoms with Crippen LogP contribution in [-0.4, -0.2) is 26.1 Å². The molecule has 1 aromatic carbocycles. The molecule has 1 saturated carbocycles. The molecule has 0 aliphatic heterocycles. The average molecular weight is 340 g/mol. The first-order valence-corrected chi connectivity index (χ1v) is 9.84. The molecule has 0 heterocycles. The van der Waals surface area contributed by atoms with E-state index in [-0.39, 0.29) is 23.4 Å². The van der Waals surface area contributed by atoms with E-state index in [9.17, 15) is 8.42 Å². The Morgan fingerprint density at radius 1 is 1.22 bits per heavy atom. The van der Waals surface area contributed by atoms with Crippen molar-refractivity contribution >= 4 is 10.0 Å². The second kappa shape index (κ2) is 7.20. The first-order chi connectivity index (χ1) is 10.7. The highest BCUT2D eigenvalue weighted by molar-refractivity contribution is 7.88. The lowest BCUT2D eigenvalue weighted by Crippen LogP contribution is -2.49. The minimum Gasteiger partial charge on any atom is -0.488 e. The van der Waals surface area contributed by atoms with E-state index in [1.165, 1.54) is 0 Å². The normalized spacial score (nSPS) is 22.8. The third-order valence-electron chi connectivity index (χ3n) is 3.88. The van der Waals surface area contributed by atoms with Gasteiger partial charge in [0.1, 0.15) is 11.4 Å². The van der Waals surface area contributed by atoms with Crippen LogP contribution in [0.25, 0.3) is 0 Å². The highest BCUT2D eigenvalue weighted by Gasteiger charge is 2.27. The average Bonchev–Trinajstić information content (AvgIpc) is 2.41. The van der Waals surface area contributed by atoms with E-state index in [1.54, 1.807) is 6.07 Å². The van der Waals surface area contributed by atoms with Crippen molar-refractivity contribution in [2.45, 2.75) is 69.9 Å². The number of para-hydroxylation sites is 1. The zero-order valence-corrected chi connectivity index (χ0v) is 15.0. The summed E-state index contributed by atoms with van der Waals surface area (Å²) in [6.45, 7) is 5.83. The number of nitrogens with two attached hydrogens (primary N) is 1. The lowest BCUT2D eigenvalue weighted by molar-refractivity contribution is 0.129. The molecule has 130 valence electrons. The maximum Gasteiger partial charge on any atom is 0.216 e. The molecule has 3 N–H and O–H groups in total. The molecule has 0 amide bonds. The molecular weight excluding hydrogens is 312 g/mol. The van der Waals surface area contributed by atoms with Crippen LogP contribution in [0.1, 0.15) is 52.0 Å². The molecule has 0 radical (unpaired) electrons. The Hall–Kier alpha value is -1.11. The number of hydrogen-bond acceptors (Lipinski definition) is 4. The second-order valence-electron chi connectivity index (χ2n) is 7.25. The number of ether oxygens (including phenoxy) is 1. The van der Waals surface area contributed by atoms with Gasteiger partial charge in [-0.15, -0.1) is 0 Å². The molecule has 1 aromatic rings. The van der Waals surface area contributed by atoms with Crippen LogP contribution in [0.3, 0.4) is 0 Å². The fraction of sp³-hybridized carbons (Fsp3) is 0.647. The van der Waals surface area contributed by atoms with Crippen LogP contribution in [0.5, 0.6) is 5.75 Å². The van der Waals surface area contributed by atoms with Gasteiger partial charge in [0.25, 0.3) is 0 Å². The van der Waals surface area contributed by atoms with Crippen molar-refractivity contribution in [2.24, 2.45) is 5.73 Å². The summed E-state index contributed by atoms with van der Waals surface area (Å²) in [7, 11) is -3.46. The first kappa shape index (κ1) is 18.2. The second-order valence-corrected chi connectivity index (χ2v) is 9.01. The molecule has 5 nitrogen and oxygen atoms in total. The minimum atomic E-state index is -3.46. The highest BCUT2D eigenvalue weighted by Crippen LogP contribution is 2.25. The van der Waals surface area contributed by atoms with E-state index in [2.05, 4.69) is 4.72 Å². The van der Waals surface area contributed by atoms with Gasteiger partial charge in [-0.3, -0.25) is 0 Å². The molecule has 1 aliphatic carbocycles. The molecule has 2 rings (SSSR count). The number of sulfonamides is 1. The van der Waals surface area contributed by atoms with Crippen molar-refractivity contribution in [3.8, 4) is 5.75 Å². The van der Waals surface area contributed by atoms with E-state index in [0.717, 1.165) is 25.7 Å². The third-order valence-corrected chi connectivity index (χ3v) is 5.24. The topological polar surface area (TPSA) is 81.4 Å². The monoisotopic (exact) mass is 340 g/mol. The van der Waals surface area contributed by atoms with Crippen LogP contribution in [0.4, 0.5) is 0 Å². The quantitative estimate of drug-likeness (QED) is 0.863. The molecule has 1 aliphatic rings. The first-order valence-electron chi connectivity index (χ1n) is 8.19. The molecule has 2 unspecified atom stereocenters. The van der Waals surface area contributed by atoms with Crippen LogP contribution < -0.4 is 15.2 Å². The molecule has 0 saturated heterocycles. The summed E-state index contributed by atoms with van der Waals surface area (Å²) in [5, 5.41) is 0. The summed E-state index contributed by atoms with van der Waals surface area (Å²) in [5.74, 6) is 0.515. The maximum atomic E-state index is 12.5. The Morgan fingerprint density at radius 3 is 2.52 bits per heavy atom. The van der Waals surface area contributed by atoms with Gasteiger partial charge >= 0.3 is 0 Å². The van der Waals surface area contributed by atoms with Gasteiger partial charge in [-0.05, 0) is 39.7 Å². The molecule has 0 spiro atoms. The molecule has 6 heteroatoms. The Morgan fingerprint density at radius 2 is 1.87 bits per heavy atom. The lowest BCUT2D eigenvalue weighted by Gasteiger charge is -2.29. The van der Waals surface area contributed by atoms with Crippen molar-refractivity contribution in [1.82, 2.24) is 4.72 Å². The minimum absolute atomic E-state index is 0.0948. The van der Waals surface area contributed by atoms with Gasteiger partial charge in [-0.25, -0.2) is 13.1 Å². The summed E-state index contributed by atoms with van der Waals surface area (Å²) >= 11 is 0. The highest BCUT2D eigenvalue weighted by atomic mass is 32.2. The van der Waals surface area contributed by atoms with Crippen LogP contribution >= 0.6 is 0 Å². The molecule has 0 bridgehead atoms. The number of nitrogens with one attached hydrogen (secondary N) is 1. The molecule has 0 aromatic heterocycles. The zero-order chi connectivity index (χ0) is 17.1. The summed E-state index contributed by atoms with van der Waals surface area (Å²) in [4.78, 5) is 0. The van der Waals surface area contributed by atoms with Crippen LogP contribution in [0.2, 0.25) is 0 Å². The van der Waals surface area contributed by atoms with Gasteiger partial charge in [-0.2, -0.15) is 0 Å². The van der Waals surface area contributed by atoms with Gasteiger partial charge in [0.2, 0.25) is 10.0 Å². The SMILES string of the molecule is CC(C)(C)Oc1ccccc1CS(=O)(=O)NC1CCCCC1N. The molecule has 23 heavy (non-hydrogen) atoms. The van der Waals surface area contributed by atoms with Crippen molar-refractivity contribution in [1.29, 1.82) is 0 Å². The summed E-state index contributed by atoms with van der Waals surface area (Å²) < 4.78 is 33.7. The van der Waals surface area contributed by atoms with Crippen molar-refractivity contribution < 1.29 is 13.2 Å². The summed E-state index contributed by atoms with van der Waals surface area (Å²) in [5.41, 5.74) is 6.33. The number of hydrogen-bond donors (Lipinski definition) is 2. The van der Waals surface area contributed by atoms with E-state index in [0.29, 0.717) is 11.3 Å². The van der Waals surface area contributed by atoms with Gasteiger partial charge in [-0.1, -0.05) is 31.0 Å². The molecular formula is C17H28N2O3S. The Balaban J connectivity index is 2.11. The Kier molecular flexibility index (Phi) is 5.70. The zero-order valence-electron chi connectivity index (χ0n) is 14.2. The fourth-order valence-corrected chi connectivity index (χ4v) is 4.32. The van der Waals surface area contributed by atoms with Gasteiger partial charge in [0.15, 0.2) is 0 Å². The van der Waals surface area contributed by atoms with E-state index in [4.69, 9.17) is 10.5 Å². The largest absolute Gasteiger partial charge is 0.488 e. The molecule has 1 fully saturated rings. The number of rotatable bonds is 5. The fourth-order valence-electron chi connectivity index (χ4n) is 2.84. The van der Waals surface area contributed by atoms with Gasteiger partial charge in [0.05, 0.1) is 5.75 Å². The summed E-state index contributed by atoms with van der Waals surface area (Å²) in [6.07, 6.45) is 3.77. The smallest absolute Gasteiger partial charge is 0.216 e. The molecule has 2 atom stereocenters. The third kappa shape index (κ3) is 5.79. The van der Waals surface area contributed by atoms with Gasteiger partial charge in [0, 0.05) is 17.6 Å². The van der Waals surface area contributed by atoms with Crippen molar-refractivity contribution in [3.05, 3.63) is 29.8 Å². The van der Waals surface area contributed by atoms with Crippen LogP contribution in [0, 0.1) is 0 Å². The van der Waals surface area contributed by atoms with Crippen LogP contribution in [-0.2, 0) is 15.8 Å². The predicted molar refractivity (Wildman–Crippen MR) is 92.8 cm³/mol. The Bertz CT molecular complexity index is 623. The number of benzene rings is 1. The van der Waals surface area contributed by atoms with Crippen LogP contribution in [0.15, 0.2) is 24.3 Å². The Labute approximate surface area is 139 Å². The lowest BCUT2D eigenvalue weighted by atomic mass is 9.92. The standard InChI is InChI=1S/C17H28N2O3S/c1-17(2,3)22-16-11-7-4-8-13(16)12-23(20,21)19-15-10-6-5-9-14(15)18/h4,7-8,11,14-15,19H,5-6,9-10,12,18H2,1-3H3. The summed E-state index contributed by atoms with van der Waals surface area (Å²) in [6, 6.07) is 7.02. The van der Waals surface area contributed by atoms with Crippen molar-refractivity contribution in [2.75, 3.05) is 0 Å². The van der Waals surface area contributed by atoms with Gasteiger partial charge < -0.3 is 10.5 Å². The maximum absolute atomic E-state index is 12.5. The van der Waals surface area contributed by atoms with E-state index < -0.39 is 10.0 Å². The van der Waals surface area contributed by atoms with Crippen molar-refractivity contribution in [3.63, 3.8) is 0 Å². The predicted octanol–water partition coefficient (Wildman–Crippen LogP) is 2.55. The van der Waals surface area contributed by atoms with E-state index in [1.807, 2.05) is 39.0 Å². The van der Waals surface area contributed by atoms with E-state index >= 15 is 0 Å².